The first-order valence-electron chi connectivity index (χ1n) is 8.34. The number of carbonyl (C=O) groups excluding carboxylic acids is 1. The Morgan fingerprint density at radius 2 is 2.08 bits per heavy atom. The third-order valence-corrected chi connectivity index (χ3v) is 4.69. The number of amides is 2. The minimum Gasteiger partial charge on any atom is -0.383 e. The van der Waals surface area contributed by atoms with E-state index in [2.05, 4.69) is 10.3 Å². The SMILES string of the molecule is COCCN(Cc1cccnc1)C(=O)NC1(c2ccc(Cl)cc2)CC1. The number of pyridine rings is 1. The summed E-state index contributed by atoms with van der Waals surface area (Å²) in [5.74, 6) is 0. The standard InChI is InChI=1S/C19H22ClN3O2/c1-25-12-11-23(14-15-3-2-10-21-13-15)18(24)22-19(8-9-19)16-4-6-17(20)7-5-16/h2-7,10,13H,8-9,11-12,14H2,1H3,(H,22,24). The van der Waals surface area contributed by atoms with Crippen LogP contribution in [0.4, 0.5) is 4.79 Å². The van der Waals surface area contributed by atoms with Crippen molar-refractivity contribution in [2.45, 2.75) is 24.9 Å². The first-order valence-corrected chi connectivity index (χ1v) is 8.72. The van der Waals surface area contributed by atoms with Crippen molar-refractivity contribution in [2.75, 3.05) is 20.3 Å². The highest BCUT2D eigenvalue weighted by molar-refractivity contribution is 6.30. The van der Waals surface area contributed by atoms with Gasteiger partial charge in [0.1, 0.15) is 0 Å². The van der Waals surface area contributed by atoms with Crippen LogP contribution in [0.15, 0.2) is 48.8 Å². The zero-order valence-corrected chi connectivity index (χ0v) is 15.0. The van der Waals surface area contributed by atoms with Gasteiger partial charge in [0.05, 0.1) is 12.1 Å². The molecule has 0 atom stereocenters. The molecule has 2 aromatic rings. The van der Waals surface area contributed by atoms with Gasteiger partial charge in [0.15, 0.2) is 0 Å². The number of rotatable bonds is 7. The Kier molecular flexibility index (Phi) is 5.56. The van der Waals surface area contributed by atoms with Gasteiger partial charge in [-0.1, -0.05) is 29.8 Å². The molecule has 6 heteroatoms. The fraction of sp³-hybridized carbons (Fsp3) is 0.368. The van der Waals surface area contributed by atoms with Crippen LogP contribution in [-0.2, 0) is 16.8 Å². The molecule has 1 N–H and O–H groups in total. The molecule has 1 saturated carbocycles. The third kappa shape index (κ3) is 4.50. The molecule has 3 rings (SSSR count). The molecule has 0 radical (unpaired) electrons. The Morgan fingerprint density at radius 1 is 1.32 bits per heavy atom. The van der Waals surface area contributed by atoms with Crippen molar-refractivity contribution < 1.29 is 9.53 Å². The molecule has 1 aliphatic carbocycles. The van der Waals surface area contributed by atoms with E-state index in [0.717, 1.165) is 24.0 Å². The topological polar surface area (TPSA) is 54.5 Å². The number of urea groups is 1. The van der Waals surface area contributed by atoms with E-state index in [1.165, 1.54) is 0 Å². The quantitative estimate of drug-likeness (QED) is 0.822. The summed E-state index contributed by atoms with van der Waals surface area (Å²) in [4.78, 5) is 18.7. The second kappa shape index (κ2) is 7.85. The maximum Gasteiger partial charge on any atom is 0.318 e. The van der Waals surface area contributed by atoms with Gasteiger partial charge in [0.25, 0.3) is 0 Å². The summed E-state index contributed by atoms with van der Waals surface area (Å²) in [5.41, 5.74) is 1.81. The normalized spacial score (nSPS) is 14.8. The van der Waals surface area contributed by atoms with Crippen LogP contribution in [0.3, 0.4) is 0 Å². The van der Waals surface area contributed by atoms with Gasteiger partial charge in [-0.3, -0.25) is 4.98 Å². The molecular formula is C19H22ClN3O2. The number of halogens is 1. The number of hydrogen-bond acceptors (Lipinski definition) is 3. The van der Waals surface area contributed by atoms with E-state index in [9.17, 15) is 4.79 Å². The maximum atomic E-state index is 12.9. The smallest absolute Gasteiger partial charge is 0.318 e. The average Bonchev–Trinajstić information content (AvgIpc) is 3.40. The molecule has 5 nitrogen and oxygen atoms in total. The number of ether oxygens (including phenoxy) is 1. The highest BCUT2D eigenvalue weighted by Crippen LogP contribution is 2.45. The molecule has 0 spiro atoms. The molecule has 1 aromatic carbocycles. The van der Waals surface area contributed by atoms with Crippen molar-refractivity contribution in [2.24, 2.45) is 0 Å². The van der Waals surface area contributed by atoms with E-state index >= 15 is 0 Å². The van der Waals surface area contributed by atoms with E-state index in [-0.39, 0.29) is 11.6 Å². The molecule has 0 aliphatic heterocycles. The second-order valence-electron chi connectivity index (χ2n) is 6.29. The zero-order chi connectivity index (χ0) is 17.7. The van der Waals surface area contributed by atoms with Gasteiger partial charge in [-0.15, -0.1) is 0 Å². The summed E-state index contributed by atoms with van der Waals surface area (Å²) in [6.45, 7) is 1.51. The zero-order valence-electron chi connectivity index (χ0n) is 14.2. The van der Waals surface area contributed by atoms with Gasteiger partial charge in [-0.2, -0.15) is 0 Å². The predicted molar refractivity (Wildman–Crippen MR) is 97.4 cm³/mol. The lowest BCUT2D eigenvalue weighted by Gasteiger charge is -2.27. The van der Waals surface area contributed by atoms with Crippen LogP contribution >= 0.6 is 11.6 Å². The fourth-order valence-electron chi connectivity index (χ4n) is 2.83. The molecule has 132 valence electrons. The van der Waals surface area contributed by atoms with Gasteiger partial charge in [0.2, 0.25) is 0 Å². The molecule has 2 amide bonds. The Hall–Kier alpha value is -2.11. The summed E-state index contributed by atoms with van der Waals surface area (Å²) in [5, 5.41) is 3.90. The predicted octanol–water partition coefficient (Wildman–Crippen LogP) is 3.58. The second-order valence-corrected chi connectivity index (χ2v) is 6.73. The molecule has 1 fully saturated rings. The minimum atomic E-state index is -0.276. The van der Waals surface area contributed by atoms with Gasteiger partial charge in [-0.25, -0.2) is 4.79 Å². The lowest BCUT2D eigenvalue weighted by atomic mass is 10.1. The molecule has 1 aromatic heterocycles. The fourth-order valence-corrected chi connectivity index (χ4v) is 2.96. The number of nitrogens with one attached hydrogen (secondary N) is 1. The molecule has 1 heterocycles. The third-order valence-electron chi connectivity index (χ3n) is 4.44. The van der Waals surface area contributed by atoms with Crippen molar-refractivity contribution in [1.82, 2.24) is 15.2 Å². The number of hydrogen-bond donors (Lipinski definition) is 1. The van der Waals surface area contributed by atoms with Crippen LogP contribution < -0.4 is 5.32 Å². The highest BCUT2D eigenvalue weighted by Gasteiger charge is 2.46. The maximum absolute atomic E-state index is 12.9. The van der Waals surface area contributed by atoms with Gasteiger partial charge < -0.3 is 15.0 Å². The first-order chi connectivity index (χ1) is 12.1. The van der Waals surface area contributed by atoms with E-state index in [0.29, 0.717) is 24.7 Å². The Balaban J connectivity index is 1.70. The van der Waals surface area contributed by atoms with Crippen LogP contribution in [0.25, 0.3) is 0 Å². The van der Waals surface area contributed by atoms with Gasteiger partial charge in [-0.05, 0) is 42.2 Å². The van der Waals surface area contributed by atoms with Crippen molar-refractivity contribution in [3.05, 3.63) is 64.9 Å². The molecule has 25 heavy (non-hydrogen) atoms. The molecular weight excluding hydrogens is 338 g/mol. The van der Waals surface area contributed by atoms with Crippen molar-refractivity contribution in [3.8, 4) is 0 Å². The summed E-state index contributed by atoms with van der Waals surface area (Å²) >= 11 is 5.97. The summed E-state index contributed by atoms with van der Waals surface area (Å²) < 4.78 is 5.15. The van der Waals surface area contributed by atoms with Crippen LogP contribution in [0, 0.1) is 0 Å². The number of aromatic nitrogens is 1. The average molecular weight is 360 g/mol. The van der Waals surface area contributed by atoms with E-state index in [1.54, 1.807) is 24.4 Å². The summed E-state index contributed by atoms with van der Waals surface area (Å²) in [6, 6.07) is 11.4. The molecule has 1 aliphatic rings. The Labute approximate surface area is 153 Å². The number of benzene rings is 1. The van der Waals surface area contributed by atoms with Crippen molar-refractivity contribution in [1.29, 1.82) is 0 Å². The lowest BCUT2D eigenvalue weighted by Crippen LogP contribution is -2.45. The highest BCUT2D eigenvalue weighted by atomic mass is 35.5. The van der Waals surface area contributed by atoms with Crippen LogP contribution in [-0.4, -0.2) is 36.2 Å². The number of carbonyl (C=O) groups is 1. The lowest BCUT2D eigenvalue weighted by molar-refractivity contribution is 0.144. The van der Waals surface area contributed by atoms with Gasteiger partial charge >= 0.3 is 6.03 Å². The minimum absolute atomic E-state index is 0.0895. The van der Waals surface area contributed by atoms with Gasteiger partial charge in [0, 0.05) is 37.6 Å². The number of methoxy groups -OCH3 is 1. The summed E-state index contributed by atoms with van der Waals surface area (Å²) in [7, 11) is 1.64. The molecule has 0 saturated heterocycles. The van der Waals surface area contributed by atoms with Crippen molar-refractivity contribution >= 4 is 17.6 Å². The van der Waals surface area contributed by atoms with Crippen molar-refractivity contribution in [3.63, 3.8) is 0 Å². The molecule has 0 bridgehead atoms. The van der Waals surface area contributed by atoms with E-state index < -0.39 is 0 Å². The summed E-state index contributed by atoms with van der Waals surface area (Å²) in [6.07, 6.45) is 5.37. The first kappa shape index (κ1) is 17.7. The van der Waals surface area contributed by atoms with Crippen LogP contribution in [0.2, 0.25) is 5.02 Å². The van der Waals surface area contributed by atoms with Crippen LogP contribution in [0.5, 0.6) is 0 Å². The van der Waals surface area contributed by atoms with E-state index in [1.807, 2.05) is 36.4 Å². The largest absolute Gasteiger partial charge is 0.383 e. The molecule has 0 unspecified atom stereocenters. The monoisotopic (exact) mass is 359 g/mol. The van der Waals surface area contributed by atoms with E-state index in [4.69, 9.17) is 16.3 Å². The Bertz CT molecular complexity index is 702. The number of nitrogens with zero attached hydrogens (tertiary/aromatic N) is 2. The Morgan fingerprint density at radius 3 is 2.68 bits per heavy atom. The van der Waals surface area contributed by atoms with Crippen LogP contribution in [0.1, 0.15) is 24.0 Å².